The molecule has 0 aliphatic rings. The molecule has 1 N–H and O–H groups in total. The lowest BCUT2D eigenvalue weighted by Gasteiger charge is -2.16. The summed E-state index contributed by atoms with van der Waals surface area (Å²) < 4.78 is 40.3. The summed E-state index contributed by atoms with van der Waals surface area (Å²) in [5.74, 6) is 0.924. The number of anilines is 1. The number of esters is 1. The van der Waals surface area contributed by atoms with Crippen LogP contribution in [-0.4, -0.2) is 14.4 Å². The molecule has 0 fully saturated rings. The van der Waals surface area contributed by atoms with Crippen LogP contribution in [0.4, 0.5) is 5.69 Å². The van der Waals surface area contributed by atoms with Crippen LogP contribution in [0, 0.1) is 19.8 Å². The number of carbonyl (C=O) groups is 1. The van der Waals surface area contributed by atoms with E-state index < -0.39 is 10.0 Å². The molecule has 35 heavy (non-hydrogen) atoms. The fourth-order valence-electron chi connectivity index (χ4n) is 3.70. The van der Waals surface area contributed by atoms with Crippen molar-refractivity contribution in [2.45, 2.75) is 58.3 Å². The van der Waals surface area contributed by atoms with Gasteiger partial charge in [-0.05, 0) is 67.8 Å². The summed E-state index contributed by atoms with van der Waals surface area (Å²) in [5, 5.41) is 0. The molecule has 0 aromatic heterocycles. The lowest BCUT2D eigenvalue weighted by molar-refractivity contribution is -0.138. The van der Waals surface area contributed by atoms with E-state index in [9.17, 15) is 13.2 Å². The average molecular weight is 496 g/mol. The predicted molar refractivity (Wildman–Crippen MR) is 139 cm³/mol. The Labute approximate surface area is 208 Å². The number of ether oxygens (including phenoxy) is 2. The normalized spacial score (nSPS) is 12.1. The summed E-state index contributed by atoms with van der Waals surface area (Å²) in [6.45, 7) is 7.58. The minimum Gasteiger partial charge on any atom is -0.457 e. The van der Waals surface area contributed by atoms with Crippen molar-refractivity contribution in [3.05, 3.63) is 77.9 Å². The zero-order valence-electron chi connectivity index (χ0n) is 20.7. The quantitative estimate of drug-likeness (QED) is 0.176. The van der Waals surface area contributed by atoms with Gasteiger partial charge in [0.1, 0.15) is 17.2 Å². The van der Waals surface area contributed by atoms with E-state index in [0.717, 1.165) is 36.8 Å². The van der Waals surface area contributed by atoms with E-state index in [2.05, 4.69) is 11.6 Å². The van der Waals surface area contributed by atoms with Crippen LogP contribution in [0.3, 0.4) is 0 Å². The minimum absolute atomic E-state index is 0.0184. The van der Waals surface area contributed by atoms with E-state index in [0.29, 0.717) is 17.2 Å². The highest BCUT2D eigenvalue weighted by molar-refractivity contribution is 7.92. The summed E-state index contributed by atoms with van der Waals surface area (Å²) in [4.78, 5) is 12.4. The summed E-state index contributed by atoms with van der Waals surface area (Å²) >= 11 is 0. The second kappa shape index (κ2) is 11.9. The monoisotopic (exact) mass is 495 g/mol. The molecule has 0 saturated heterocycles. The lowest BCUT2D eigenvalue weighted by Crippen LogP contribution is -2.18. The van der Waals surface area contributed by atoms with Crippen molar-refractivity contribution in [1.29, 1.82) is 0 Å². The van der Waals surface area contributed by atoms with Crippen LogP contribution in [0.5, 0.6) is 17.2 Å². The van der Waals surface area contributed by atoms with E-state index in [1.807, 2.05) is 51.1 Å². The third-order valence-electron chi connectivity index (χ3n) is 5.70. The van der Waals surface area contributed by atoms with E-state index in [1.54, 1.807) is 24.3 Å². The topological polar surface area (TPSA) is 81.7 Å². The number of para-hydroxylation sites is 1. The lowest BCUT2D eigenvalue weighted by atomic mass is 10.0. The van der Waals surface area contributed by atoms with Gasteiger partial charge in [0.05, 0.1) is 16.5 Å². The van der Waals surface area contributed by atoms with Crippen LogP contribution >= 0.6 is 0 Å². The Bertz CT molecular complexity index is 1230. The standard InChI is InChI=1S/C28H33NO5S/c1-5-6-8-12-20(2)28(30)34-24-15-11-16-26(19-24)35(31,32)29-27-21(3)17-25(18-22(27)4)33-23-13-9-7-10-14-23/h7,9-11,13-20,29H,5-6,8,12H2,1-4H3. The third-order valence-corrected chi connectivity index (χ3v) is 7.05. The van der Waals surface area contributed by atoms with Gasteiger partial charge in [-0.25, -0.2) is 8.42 Å². The molecule has 1 atom stereocenters. The molecule has 3 rings (SSSR count). The van der Waals surface area contributed by atoms with Crippen molar-refractivity contribution in [1.82, 2.24) is 0 Å². The highest BCUT2D eigenvalue weighted by atomic mass is 32.2. The number of unbranched alkanes of at least 4 members (excludes halogenated alkanes) is 2. The first kappa shape index (κ1) is 26.3. The summed E-state index contributed by atoms with van der Waals surface area (Å²) in [6, 6.07) is 19.0. The largest absolute Gasteiger partial charge is 0.457 e. The van der Waals surface area contributed by atoms with Crippen molar-refractivity contribution in [2.24, 2.45) is 5.92 Å². The molecule has 0 radical (unpaired) electrons. The summed E-state index contributed by atoms with van der Waals surface area (Å²) in [7, 11) is -3.91. The fourth-order valence-corrected chi connectivity index (χ4v) is 4.94. The summed E-state index contributed by atoms with van der Waals surface area (Å²) in [5.41, 5.74) is 1.93. The number of hydrogen-bond acceptors (Lipinski definition) is 5. The van der Waals surface area contributed by atoms with Crippen molar-refractivity contribution >= 4 is 21.7 Å². The Kier molecular flexibility index (Phi) is 8.93. The number of rotatable bonds is 11. The maximum atomic E-state index is 13.1. The Morgan fingerprint density at radius 1 is 0.886 bits per heavy atom. The zero-order chi connectivity index (χ0) is 25.4. The van der Waals surface area contributed by atoms with Crippen LogP contribution in [-0.2, 0) is 14.8 Å². The van der Waals surface area contributed by atoms with Gasteiger partial charge in [-0.15, -0.1) is 0 Å². The minimum atomic E-state index is -3.91. The van der Waals surface area contributed by atoms with E-state index in [-0.39, 0.29) is 22.5 Å². The van der Waals surface area contributed by atoms with Gasteiger partial charge < -0.3 is 9.47 Å². The van der Waals surface area contributed by atoms with Crippen molar-refractivity contribution in [3.63, 3.8) is 0 Å². The van der Waals surface area contributed by atoms with Gasteiger partial charge in [-0.3, -0.25) is 9.52 Å². The predicted octanol–water partition coefficient (Wildman–Crippen LogP) is 7.02. The molecule has 186 valence electrons. The first-order valence-corrected chi connectivity index (χ1v) is 13.4. The highest BCUT2D eigenvalue weighted by Gasteiger charge is 2.20. The van der Waals surface area contributed by atoms with E-state index in [4.69, 9.17) is 9.47 Å². The SMILES string of the molecule is CCCCCC(C)C(=O)Oc1cccc(S(=O)(=O)Nc2c(C)cc(Oc3ccccc3)cc2C)c1. The van der Waals surface area contributed by atoms with Gasteiger partial charge in [0.25, 0.3) is 10.0 Å². The molecule has 0 spiro atoms. The average Bonchev–Trinajstić information content (AvgIpc) is 2.82. The number of carbonyl (C=O) groups excluding carboxylic acids is 1. The van der Waals surface area contributed by atoms with Gasteiger partial charge in [0.15, 0.2) is 0 Å². The molecule has 0 heterocycles. The van der Waals surface area contributed by atoms with Gasteiger partial charge in [0.2, 0.25) is 0 Å². The van der Waals surface area contributed by atoms with Gasteiger partial charge >= 0.3 is 5.97 Å². The fraction of sp³-hybridized carbons (Fsp3) is 0.321. The molecule has 3 aromatic carbocycles. The van der Waals surface area contributed by atoms with E-state index >= 15 is 0 Å². The van der Waals surface area contributed by atoms with Crippen LogP contribution in [0.1, 0.15) is 50.7 Å². The van der Waals surface area contributed by atoms with Crippen LogP contribution in [0.25, 0.3) is 0 Å². The Balaban J connectivity index is 1.74. The molecule has 0 bridgehead atoms. The number of sulfonamides is 1. The molecule has 0 aliphatic carbocycles. The zero-order valence-corrected chi connectivity index (χ0v) is 21.5. The number of aryl methyl sites for hydroxylation is 2. The maximum Gasteiger partial charge on any atom is 0.314 e. The molecule has 0 saturated carbocycles. The Hall–Kier alpha value is -3.32. The van der Waals surface area contributed by atoms with Crippen LogP contribution < -0.4 is 14.2 Å². The first-order valence-electron chi connectivity index (χ1n) is 11.9. The molecule has 7 heteroatoms. The smallest absolute Gasteiger partial charge is 0.314 e. The second-order valence-corrected chi connectivity index (χ2v) is 10.4. The van der Waals surface area contributed by atoms with Crippen LogP contribution in [0.15, 0.2) is 71.6 Å². The number of hydrogen-bond donors (Lipinski definition) is 1. The Morgan fingerprint density at radius 3 is 2.20 bits per heavy atom. The molecular weight excluding hydrogens is 462 g/mol. The first-order chi connectivity index (χ1) is 16.7. The number of nitrogens with one attached hydrogen (secondary N) is 1. The van der Waals surface area contributed by atoms with Gasteiger partial charge in [-0.1, -0.05) is 57.4 Å². The summed E-state index contributed by atoms with van der Waals surface area (Å²) in [6.07, 6.45) is 3.85. The molecule has 0 amide bonds. The molecule has 1 unspecified atom stereocenters. The molecule has 6 nitrogen and oxygen atoms in total. The second-order valence-electron chi connectivity index (χ2n) is 8.75. The molecular formula is C28H33NO5S. The van der Waals surface area contributed by atoms with Gasteiger partial charge in [-0.2, -0.15) is 0 Å². The maximum absolute atomic E-state index is 13.1. The number of benzene rings is 3. The molecule has 3 aromatic rings. The van der Waals surface area contributed by atoms with Crippen molar-refractivity contribution in [3.8, 4) is 17.2 Å². The van der Waals surface area contributed by atoms with Gasteiger partial charge in [0, 0.05) is 6.07 Å². The van der Waals surface area contributed by atoms with Crippen molar-refractivity contribution in [2.75, 3.05) is 4.72 Å². The molecule has 0 aliphatic heterocycles. The highest BCUT2D eigenvalue weighted by Crippen LogP contribution is 2.31. The van der Waals surface area contributed by atoms with Crippen LogP contribution in [0.2, 0.25) is 0 Å². The van der Waals surface area contributed by atoms with Crippen molar-refractivity contribution < 1.29 is 22.7 Å². The Morgan fingerprint density at radius 2 is 1.54 bits per heavy atom. The van der Waals surface area contributed by atoms with E-state index in [1.165, 1.54) is 12.1 Å². The third kappa shape index (κ3) is 7.33.